The second-order valence-electron chi connectivity index (χ2n) is 6.54. The Bertz CT molecular complexity index is 1230. The van der Waals surface area contributed by atoms with Crippen molar-refractivity contribution in [3.8, 4) is 22.7 Å². The highest BCUT2D eigenvalue weighted by Gasteiger charge is 2.18. The highest BCUT2D eigenvalue weighted by molar-refractivity contribution is 7.14. The molecule has 0 fully saturated rings. The number of nitrogens with one attached hydrogen (secondary N) is 1. The van der Waals surface area contributed by atoms with Crippen molar-refractivity contribution in [3.05, 3.63) is 70.1 Å². The van der Waals surface area contributed by atoms with Crippen molar-refractivity contribution in [1.29, 1.82) is 0 Å². The van der Waals surface area contributed by atoms with Crippen LogP contribution in [0.3, 0.4) is 0 Å². The van der Waals surface area contributed by atoms with Gasteiger partial charge in [-0.05, 0) is 38.1 Å². The second-order valence-corrected chi connectivity index (χ2v) is 7.81. The lowest BCUT2D eigenvalue weighted by molar-refractivity contribution is 0.101. The van der Waals surface area contributed by atoms with Crippen LogP contribution in [0, 0.1) is 13.8 Å². The number of aryl methyl sites for hydroxylation is 2. The third-order valence-electron chi connectivity index (χ3n) is 4.41. The number of rotatable bonds is 5. The first-order valence-electron chi connectivity index (χ1n) is 9.06. The van der Waals surface area contributed by atoms with Crippen LogP contribution in [0.15, 0.2) is 47.8 Å². The van der Waals surface area contributed by atoms with E-state index in [1.807, 2.05) is 48.7 Å². The fourth-order valence-electron chi connectivity index (χ4n) is 2.97. The molecule has 0 bridgehead atoms. The molecule has 9 heteroatoms. The van der Waals surface area contributed by atoms with E-state index in [-0.39, 0.29) is 5.82 Å². The quantitative estimate of drug-likeness (QED) is 0.477. The number of aromatic nitrogens is 4. The zero-order chi connectivity index (χ0) is 21.3. The second kappa shape index (κ2) is 8.25. The van der Waals surface area contributed by atoms with Crippen LogP contribution in [0.4, 0.5) is 5.13 Å². The first-order chi connectivity index (χ1) is 14.5. The van der Waals surface area contributed by atoms with Crippen LogP contribution in [-0.2, 0) is 0 Å². The Labute approximate surface area is 182 Å². The van der Waals surface area contributed by atoms with Gasteiger partial charge in [-0.15, -0.1) is 16.4 Å². The zero-order valence-electron chi connectivity index (χ0n) is 16.5. The Kier molecular flexibility index (Phi) is 5.52. The fourth-order valence-corrected chi connectivity index (χ4v) is 3.89. The van der Waals surface area contributed by atoms with Crippen molar-refractivity contribution in [3.63, 3.8) is 0 Å². The number of amides is 1. The maximum atomic E-state index is 12.7. The topological polar surface area (TPSA) is 81.9 Å². The molecule has 4 aromatic rings. The van der Waals surface area contributed by atoms with Gasteiger partial charge in [-0.1, -0.05) is 35.4 Å². The molecule has 2 aromatic heterocycles. The number of benzene rings is 2. The van der Waals surface area contributed by atoms with Crippen LogP contribution in [0.25, 0.3) is 16.9 Å². The summed E-state index contributed by atoms with van der Waals surface area (Å²) < 4.78 is 6.97. The van der Waals surface area contributed by atoms with Crippen LogP contribution < -0.4 is 10.1 Å². The van der Waals surface area contributed by atoms with Gasteiger partial charge in [0.2, 0.25) is 5.82 Å². The number of hydrogen-bond acceptors (Lipinski definition) is 6. The number of halogens is 1. The zero-order valence-corrected chi connectivity index (χ0v) is 18.1. The number of anilines is 1. The summed E-state index contributed by atoms with van der Waals surface area (Å²) in [4.78, 5) is 21.5. The van der Waals surface area contributed by atoms with E-state index in [1.54, 1.807) is 24.8 Å². The summed E-state index contributed by atoms with van der Waals surface area (Å²) in [7, 11) is 1.62. The van der Waals surface area contributed by atoms with Crippen molar-refractivity contribution in [2.24, 2.45) is 0 Å². The van der Waals surface area contributed by atoms with E-state index >= 15 is 0 Å². The molecule has 2 heterocycles. The lowest BCUT2D eigenvalue weighted by atomic mass is 10.1. The van der Waals surface area contributed by atoms with Gasteiger partial charge in [-0.3, -0.25) is 10.1 Å². The summed E-state index contributed by atoms with van der Waals surface area (Å²) in [6.45, 7) is 3.76. The molecule has 2 aromatic carbocycles. The molecule has 0 aliphatic carbocycles. The van der Waals surface area contributed by atoms with E-state index in [9.17, 15) is 4.79 Å². The molecule has 1 N–H and O–H groups in total. The van der Waals surface area contributed by atoms with E-state index in [0.29, 0.717) is 21.7 Å². The average molecular weight is 440 g/mol. The first-order valence-corrected chi connectivity index (χ1v) is 10.3. The standard InChI is InChI=1S/C21H18ClN5O2S/c1-12-8-9-18(29-3)14(10-12)16-11-30-21(24-16)25-20(28)19-23-13(2)27(26-19)17-7-5-4-6-15(17)22/h4-11H,1-3H3,(H,24,25,28). The summed E-state index contributed by atoms with van der Waals surface area (Å²) in [6, 6.07) is 13.1. The molecule has 0 aliphatic heterocycles. The van der Waals surface area contributed by atoms with Crippen molar-refractivity contribution < 1.29 is 9.53 Å². The molecule has 152 valence electrons. The Morgan fingerprint density at radius 1 is 1.17 bits per heavy atom. The van der Waals surface area contributed by atoms with Gasteiger partial charge < -0.3 is 4.74 Å². The number of para-hydroxylation sites is 1. The molecular weight excluding hydrogens is 422 g/mol. The van der Waals surface area contributed by atoms with E-state index in [1.165, 1.54) is 11.3 Å². The normalized spacial score (nSPS) is 10.8. The Hall–Kier alpha value is -3.23. The maximum absolute atomic E-state index is 12.7. The summed E-state index contributed by atoms with van der Waals surface area (Å²) in [5.74, 6) is 0.871. The van der Waals surface area contributed by atoms with E-state index in [4.69, 9.17) is 16.3 Å². The monoisotopic (exact) mass is 439 g/mol. The number of hydrogen-bond donors (Lipinski definition) is 1. The molecule has 0 spiro atoms. The number of methoxy groups -OCH3 is 1. The molecule has 0 saturated carbocycles. The molecular formula is C21H18ClN5O2S. The third-order valence-corrected chi connectivity index (χ3v) is 5.49. The summed E-state index contributed by atoms with van der Waals surface area (Å²) in [6.07, 6.45) is 0. The fraction of sp³-hybridized carbons (Fsp3) is 0.143. The smallest absolute Gasteiger partial charge is 0.297 e. The van der Waals surface area contributed by atoms with Gasteiger partial charge in [-0.2, -0.15) is 0 Å². The molecule has 0 unspecified atom stereocenters. The van der Waals surface area contributed by atoms with Gasteiger partial charge in [0, 0.05) is 10.9 Å². The summed E-state index contributed by atoms with van der Waals surface area (Å²) >= 11 is 7.56. The Morgan fingerprint density at radius 3 is 2.73 bits per heavy atom. The van der Waals surface area contributed by atoms with Gasteiger partial charge >= 0.3 is 0 Å². The number of thiazole rings is 1. The Balaban J connectivity index is 1.57. The first kappa shape index (κ1) is 20.1. The SMILES string of the molecule is COc1ccc(C)cc1-c1csc(NC(=O)c2nc(C)n(-c3ccccc3Cl)n2)n1. The number of carbonyl (C=O) groups excluding carboxylic acids is 1. The third kappa shape index (κ3) is 3.92. The predicted molar refractivity (Wildman–Crippen MR) is 118 cm³/mol. The van der Waals surface area contributed by atoms with Gasteiger partial charge in [0.05, 0.1) is 23.5 Å². The number of ether oxygens (including phenoxy) is 1. The van der Waals surface area contributed by atoms with Crippen LogP contribution in [0.1, 0.15) is 22.0 Å². The van der Waals surface area contributed by atoms with Crippen molar-refractivity contribution in [2.75, 3.05) is 12.4 Å². The molecule has 7 nitrogen and oxygen atoms in total. The van der Waals surface area contributed by atoms with E-state index in [0.717, 1.165) is 22.6 Å². The minimum atomic E-state index is -0.444. The Morgan fingerprint density at radius 2 is 1.97 bits per heavy atom. The summed E-state index contributed by atoms with van der Waals surface area (Å²) in [5, 5.41) is 9.91. The molecule has 0 aliphatic rings. The highest BCUT2D eigenvalue weighted by Crippen LogP contribution is 2.33. The van der Waals surface area contributed by atoms with Gasteiger partial charge in [-0.25, -0.2) is 14.6 Å². The average Bonchev–Trinajstić information content (AvgIpc) is 3.35. The minimum absolute atomic E-state index is 0.0392. The number of nitrogens with zero attached hydrogens (tertiary/aromatic N) is 4. The predicted octanol–water partition coefficient (Wildman–Crippen LogP) is 4.92. The molecule has 30 heavy (non-hydrogen) atoms. The highest BCUT2D eigenvalue weighted by atomic mass is 35.5. The van der Waals surface area contributed by atoms with E-state index in [2.05, 4.69) is 20.4 Å². The lowest BCUT2D eigenvalue weighted by Crippen LogP contribution is -2.14. The van der Waals surface area contributed by atoms with E-state index < -0.39 is 5.91 Å². The number of carbonyl (C=O) groups is 1. The molecule has 1 amide bonds. The lowest BCUT2D eigenvalue weighted by Gasteiger charge is -2.07. The van der Waals surface area contributed by atoms with Crippen LogP contribution in [-0.4, -0.2) is 32.8 Å². The molecule has 4 rings (SSSR count). The molecule has 0 atom stereocenters. The van der Waals surface area contributed by atoms with Gasteiger partial charge in [0.1, 0.15) is 11.6 Å². The van der Waals surface area contributed by atoms with Crippen LogP contribution in [0.2, 0.25) is 5.02 Å². The van der Waals surface area contributed by atoms with Crippen molar-refractivity contribution >= 4 is 34.0 Å². The van der Waals surface area contributed by atoms with Crippen molar-refractivity contribution in [2.45, 2.75) is 13.8 Å². The largest absolute Gasteiger partial charge is 0.496 e. The maximum Gasteiger partial charge on any atom is 0.297 e. The van der Waals surface area contributed by atoms with Crippen LogP contribution >= 0.6 is 22.9 Å². The van der Waals surface area contributed by atoms with Crippen molar-refractivity contribution in [1.82, 2.24) is 19.7 Å². The van der Waals surface area contributed by atoms with Crippen LogP contribution in [0.5, 0.6) is 5.75 Å². The van der Waals surface area contributed by atoms with Gasteiger partial charge in [0.15, 0.2) is 5.13 Å². The summed E-state index contributed by atoms with van der Waals surface area (Å²) in [5.41, 5.74) is 3.34. The molecule has 0 saturated heterocycles. The van der Waals surface area contributed by atoms with Gasteiger partial charge in [0.25, 0.3) is 5.91 Å². The minimum Gasteiger partial charge on any atom is -0.496 e. The molecule has 0 radical (unpaired) electrons.